The third-order valence-corrected chi connectivity index (χ3v) is 5.98. The lowest BCUT2D eigenvalue weighted by Crippen LogP contribution is -2.25. The van der Waals surface area contributed by atoms with Gasteiger partial charge < -0.3 is 5.32 Å². The SMILES string of the molecule is CNC1CCC(S(=O)(=O)c2ccc(C(F)(F)F)cc2)C1. The number of rotatable bonds is 3. The first-order valence-corrected chi connectivity index (χ1v) is 7.88. The summed E-state index contributed by atoms with van der Waals surface area (Å²) in [7, 11) is -1.78. The highest BCUT2D eigenvalue weighted by Crippen LogP contribution is 2.33. The van der Waals surface area contributed by atoms with Crippen molar-refractivity contribution in [2.24, 2.45) is 0 Å². The number of hydrogen-bond donors (Lipinski definition) is 1. The van der Waals surface area contributed by atoms with E-state index in [4.69, 9.17) is 0 Å². The minimum atomic E-state index is -4.45. The van der Waals surface area contributed by atoms with Crippen LogP contribution in [0.15, 0.2) is 29.2 Å². The fourth-order valence-corrected chi connectivity index (χ4v) is 4.34. The summed E-state index contributed by atoms with van der Waals surface area (Å²) in [6, 6.07) is 3.88. The number of hydrogen-bond acceptors (Lipinski definition) is 3. The van der Waals surface area contributed by atoms with Crippen molar-refractivity contribution in [1.29, 1.82) is 0 Å². The van der Waals surface area contributed by atoms with Crippen LogP contribution in [0.25, 0.3) is 0 Å². The largest absolute Gasteiger partial charge is 0.416 e. The van der Waals surface area contributed by atoms with Crippen LogP contribution in [-0.2, 0) is 16.0 Å². The highest BCUT2D eigenvalue weighted by atomic mass is 32.2. The zero-order chi connectivity index (χ0) is 15.0. The Kier molecular flexibility index (Phi) is 4.11. The van der Waals surface area contributed by atoms with Gasteiger partial charge in [-0.15, -0.1) is 0 Å². The van der Waals surface area contributed by atoms with Gasteiger partial charge in [0.15, 0.2) is 9.84 Å². The molecule has 1 fully saturated rings. The molecule has 0 saturated heterocycles. The van der Waals surface area contributed by atoms with Crippen molar-refractivity contribution >= 4 is 9.84 Å². The van der Waals surface area contributed by atoms with Crippen LogP contribution in [0.5, 0.6) is 0 Å². The van der Waals surface area contributed by atoms with Crippen LogP contribution in [0, 0.1) is 0 Å². The topological polar surface area (TPSA) is 46.2 Å². The van der Waals surface area contributed by atoms with Crippen LogP contribution in [-0.4, -0.2) is 26.8 Å². The van der Waals surface area contributed by atoms with Crippen LogP contribution in [0.1, 0.15) is 24.8 Å². The van der Waals surface area contributed by atoms with E-state index in [2.05, 4.69) is 5.32 Å². The molecule has 2 unspecified atom stereocenters. The summed E-state index contributed by atoms with van der Waals surface area (Å²) in [5, 5.41) is 2.52. The lowest BCUT2D eigenvalue weighted by Gasteiger charge is -2.13. The number of benzene rings is 1. The number of sulfone groups is 1. The Bertz CT molecular complexity index is 566. The fraction of sp³-hybridized carbons (Fsp3) is 0.538. The van der Waals surface area contributed by atoms with Gasteiger partial charge in [-0.3, -0.25) is 0 Å². The second-order valence-corrected chi connectivity index (χ2v) is 7.22. The minimum Gasteiger partial charge on any atom is -0.317 e. The smallest absolute Gasteiger partial charge is 0.317 e. The van der Waals surface area contributed by atoms with Gasteiger partial charge in [0, 0.05) is 6.04 Å². The van der Waals surface area contributed by atoms with Crippen LogP contribution < -0.4 is 5.32 Å². The molecule has 7 heteroatoms. The van der Waals surface area contributed by atoms with Gasteiger partial charge in [0.05, 0.1) is 15.7 Å². The predicted octanol–water partition coefficient (Wildman–Crippen LogP) is 2.62. The summed E-state index contributed by atoms with van der Waals surface area (Å²) in [4.78, 5) is -0.0350. The Hall–Kier alpha value is -1.08. The van der Waals surface area contributed by atoms with Crippen molar-refractivity contribution in [3.63, 3.8) is 0 Å². The van der Waals surface area contributed by atoms with E-state index in [1.165, 1.54) is 0 Å². The lowest BCUT2D eigenvalue weighted by atomic mass is 10.2. The quantitative estimate of drug-likeness (QED) is 0.934. The van der Waals surface area contributed by atoms with E-state index >= 15 is 0 Å². The second-order valence-electron chi connectivity index (χ2n) is 4.99. The van der Waals surface area contributed by atoms with Crippen molar-refractivity contribution in [2.45, 2.75) is 41.6 Å². The summed E-state index contributed by atoms with van der Waals surface area (Å²) in [6.07, 6.45) is -2.65. The predicted molar refractivity (Wildman–Crippen MR) is 69.1 cm³/mol. The van der Waals surface area contributed by atoms with E-state index in [-0.39, 0.29) is 10.9 Å². The van der Waals surface area contributed by atoms with Crippen LogP contribution >= 0.6 is 0 Å². The van der Waals surface area contributed by atoms with Gasteiger partial charge in [-0.2, -0.15) is 13.2 Å². The molecule has 2 rings (SSSR count). The molecular formula is C13H16F3NO2S. The highest BCUT2D eigenvalue weighted by Gasteiger charge is 2.35. The Morgan fingerprint density at radius 2 is 1.75 bits per heavy atom. The van der Waals surface area contributed by atoms with Crippen molar-refractivity contribution in [2.75, 3.05) is 7.05 Å². The van der Waals surface area contributed by atoms with Crippen molar-refractivity contribution in [3.05, 3.63) is 29.8 Å². The molecule has 1 aromatic carbocycles. The van der Waals surface area contributed by atoms with E-state index in [1.807, 2.05) is 0 Å². The monoisotopic (exact) mass is 307 g/mol. The Morgan fingerprint density at radius 1 is 1.15 bits per heavy atom. The third kappa shape index (κ3) is 2.98. The van der Waals surface area contributed by atoms with E-state index in [0.717, 1.165) is 30.7 Å². The first-order chi connectivity index (χ1) is 9.25. The Morgan fingerprint density at radius 3 is 2.20 bits per heavy atom. The molecule has 20 heavy (non-hydrogen) atoms. The number of halogens is 3. The van der Waals surface area contributed by atoms with E-state index in [1.54, 1.807) is 7.05 Å². The average Bonchev–Trinajstić information content (AvgIpc) is 2.87. The zero-order valence-corrected chi connectivity index (χ0v) is 11.8. The molecule has 1 N–H and O–H groups in total. The van der Waals surface area contributed by atoms with Crippen LogP contribution in [0.4, 0.5) is 13.2 Å². The van der Waals surface area contributed by atoms with Crippen LogP contribution in [0.3, 0.4) is 0 Å². The zero-order valence-electron chi connectivity index (χ0n) is 10.9. The molecule has 112 valence electrons. The van der Waals surface area contributed by atoms with Gasteiger partial charge in [0.2, 0.25) is 0 Å². The minimum absolute atomic E-state index is 0.0350. The molecule has 0 spiro atoms. The molecule has 0 radical (unpaired) electrons. The van der Waals surface area contributed by atoms with Crippen LogP contribution in [0.2, 0.25) is 0 Å². The van der Waals surface area contributed by atoms with Gasteiger partial charge in [-0.05, 0) is 50.6 Å². The summed E-state index contributed by atoms with van der Waals surface area (Å²) < 4.78 is 62.1. The van der Waals surface area contributed by atoms with E-state index in [0.29, 0.717) is 12.8 Å². The first-order valence-electron chi connectivity index (χ1n) is 6.33. The molecular weight excluding hydrogens is 291 g/mol. The molecule has 0 heterocycles. The molecule has 1 aliphatic carbocycles. The Balaban J connectivity index is 2.23. The fourth-order valence-electron chi connectivity index (χ4n) is 2.51. The molecule has 1 aliphatic rings. The molecule has 0 bridgehead atoms. The molecule has 2 atom stereocenters. The molecule has 1 saturated carbocycles. The van der Waals surface area contributed by atoms with Gasteiger partial charge in [-0.1, -0.05) is 0 Å². The summed E-state index contributed by atoms with van der Waals surface area (Å²) in [6.45, 7) is 0. The summed E-state index contributed by atoms with van der Waals surface area (Å²) >= 11 is 0. The molecule has 1 aromatic rings. The Labute approximate surface area is 116 Å². The first kappa shape index (κ1) is 15.3. The van der Waals surface area contributed by atoms with Crippen molar-refractivity contribution in [3.8, 4) is 0 Å². The lowest BCUT2D eigenvalue weighted by molar-refractivity contribution is -0.137. The maximum absolute atomic E-state index is 12.5. The summed E-state index contributed by atoms with van der Waals surface area (Å²) in [5.41, 5.74) is -0.837. The highest BCUT2D eigenvalue weighted by molar-refractivity contribution is 7.92. The third-order valence-electron chi connectivity index (χ3n) is 3.74. The van der Waals surface area contributed by atoms with E-state index in [9.17, 15) is 21.6 Å². The molecule has 0 aromatic heterocycles. The number of alkyl halides is 3. The maximum Gasteiger partial charge on any atom is 0.416 e. The van der Waals surface area contributed by atoms with Gasteiger partial charge in [0.1, 0.15) is 0 Å². The summed E-state index contributed by atoms with van der Waals surface area (Å²) in [5.74, 6) is 0. The van der Waals surface area contributed by atoms with Gasteiger partial charge >= 0.3 is 6.18 Å². The van der Waals surface area contributed by atoms with Crippen molar-refractivity contribution < 1.29 is 21.6 Å². The second kappa shape index (κ2) is 5.37. The average molecular weight is 307 g/mol. The van der Waals surface area contributed by atoms with Crippen molar-refractivity contribution in [1.82, 2.24) is 5.32 Å². The molecule has 0 amide bonds. The van der Waals surface area contributed by atoms with Gasteiger partial charge in [-0.25, -0.2) is 8.42 Å². The van der Waals surface area contributed by atoms with E-state index < -0.39 is 26.8 Å². The number of nitrogens with one attached hydrogen (secondary N) is 1. The molecule has 3 nitrogen and oxygen atoms in total. The normalized spacial score (nSPS) is 24.0. The maximum atomic E-state index is 12.5. The van der Waals surface area contributed by atoms with Gasteiger partial charge in [0.25, 0.3) is 0 Å². The standard InChI is InChI=1S/C13H16F3NO2S/c1-17-10-4-7-12(8-10)20(18,19)11-5-2-9(3-6-11)13(14,15)16/h2-3,5-6,10,12,17H,4,7-8H2,1H3. The molecule has 0 aliphatic heterocycles.